The van der Waals surface area contributed by atoms with Crippen LogP contribution in [0.25, 0.3) is 0 Å². The first-order chi connectivity index (χ1) is 12.5. The van der Waals surface area contributed by atoms with E-state index in [0.29, 0.717) is 48.9 Å². The molecule has 0 saturated carbocycles. The van der Waals surface area contributed by atoms with Crippen molar-refractivity contribution in [3.8, 4) is 0 Å². The van der Waals surface area contributed by atoms with Crippen LogP contribution in [0, 0.1) is 5.92 Å². The summed E-state index contributed by atoms with van der Waals surface area (Å²) < 4.78 is 5.09. The summed E-state index contributed by atoms with van der Waals surface area (Å²) in [6.45, 7) is 3.70. The largest absolute Gasteiger partial charge is 0.466 e. The van der Waals surface area contributed by atoms with Crippen molar-refractivity contribution in [1.82, 2.24) is 4.90 Å². The Morgan fingerprint density at radius 3 is 2.77 bits per heavy atom. The van der Waals surface area contributed by atoms with Gasteiger partial charge in [-0.2, -0.15) is 0 Å². The molecule has 0 spiro atoms. The molecule has 1 aromatic carbocycles. The minimum Gasteiger partial charge on any atom is -0.466 e. The maximum atomic E-state index is 12.9. The summed E-state index contributed by atoms with van der Waals surface area (Å²) in [6, 6.07) is 5.01. The first kappa shape index (κ1) is 18.7. The van der Waals surface area contributed by atoms with Crippen molar-refractivity contribution in [2.75, 3.05) is 31.1 Å². The van der Waals surface area contributed by atoms with E-state index in [1.807, 2.05) is 0 Å². The Hall–Kier alpha value is -2.08. The molecule has 2 saturated heterocycles. The Morgan fingerprint density at radius 2 is 2.08 bits per heavy atom. The quantitative estimate of drug-likeness (QED) is 0.755. The number of hydrogen-bond donors (Lipinski definition) is 0. The van der Waals surface area contributed by atoms with Crippen LogP contribution in [0.2, 0.25) is 5.02 Å². The van der Waals surface area contributed by atoms with Crippen LogP contribution in [0.1, 0.15) is 43.0 Å². The third-order valence-electron chi connectivity index (χ3n) is 4.89. The maximum Gasteiger partial charge on any atom is 0.310 e. The van der Waals surface area contributed by atoms with E-state index in [1.165, 1.54) is 0 Å². The van der Waals surface area contributed by atoms with Crippen molar-refractivity contribution in [1.29, 1.82) is 0 Å². The van der Waals surface area contributed by atoms with Crippen LogP contribution in [0.4, 0.5) is 5.69 Å². The molecule has 0 unspecified atom stereocenters. The minimum absolute atomic E-state index is 0.0249. The molecule has 2 aliphatic heterocycles. The zero-order valence-electron chi connectivity index (χ0n) is 14.9. The van der Waals surface area contributed by atoms with Gasteiger partial charge in [0.25, 0.3) is 5.91 Å². The molecule has 0 N–H and O–H groups in total. The zero-order chi connectivity index (χ0) is 18.7. The number of nitrogens with zero attached hydrogens (tertiary/aromatic N) is 2. The fraction of sp³-hybridized carbons (Fsp3) is 0.526. The number of piperidine rings is 1. The van der Waals surface area contributed by atoms with Gasteiger partial charge in [-0.05, 0) is 44.4 Å². The van der Waals surface area contributed by atoms with Crippen LogP contribution < -0.4 is 4.90 Å². The van der Waals surface area contributed by atoms with Crippen LogP contribution in [0.15, 0.2) is 18.2 Å². The lowest BCUT2D eigenvalue weighted by molar-refractivity contribution is -0.149. The van der Waals surface area contributed by atoms with Crippen LogP contribution in [0.3, 0.4) is 0 Å². The summed E-state index contributed by atoms with van der Waals surface area (Å²) >= 11 is 6.25. The predicted octanol–water partition coefficient (Wildman–Crippen LogP) is 2.88. The molecular formula is C19H23ClN2O4. The Bertz CT molecular complexity index is 721. The summed E-state index contributed by atoms with van der Waals surface area (Å²) in [5.74, 6) is -0.649. The molecule has 140 valence electrons. The Labute approximate surface area is 158 Å². The van der Waals surface area contributed by atoms with Crippen molar-refractivity contribution in [3.05, 3.63) is 28.8 Å². The van der Waals surface area contributed by atoms with Crippen molar-refractivity contribution < 1.29 is 19.1 Å². The van der Waals surface area contributed by atoms with Crippen molar-refractivity contribution >= 4 is 35.1 Å². The van der Waals surface area contributed by atoms with E-state index in [1.54, 1.807) is 34.9 Å². The first-order valence-electron chi connectivity index (χ1n) is 9.07. The number of carbonyl (C=O) groups is 3. The Morgan fingerprint density at radius 1 is 1.27 bits per heavy atom. The van der Waals surface area contributed by atoms with Gasteiger partial charge in [-0.1, -0.05) is 11.6 Å². The topological polar surface area (TPSA) is 66.9 Å². The number of anilines is 1. The third kappa shape index (κ3) is 3.85. The number of likely N-dealkylation sites (tertiary alicyclic amines) is 1. The molecule has 0 aromatic heterocycles. The van der Waals surface area contributed by atoms with Gasteiger partial charge in [-0.15, -0.1) is 0 Å². The highest BCUT2D eigenvalue weighted by molar-refractivity contribution is 6.34. The van der Waals surface area contributed by atoms with E-state index < -0.39 is 0 Å². The van der Waals surface area contributed by atoms with Crippen LogP contribution in [-0.4, -0.2) is 48.9 Å². The lowest BCUT2D eigenvalue weighted by Gasteiger charge is -2.31. The van der Waals surface area contributed by atoms with Gasteiger partial charge in [-0.25, -0.2) is 0 Å². The summed E-state index contributed by atoms with van der Waals surface area (Å²) in [4.78, 5) is 40.2. The molecule has 26 heavy (non-hydrogen) atoms. The number of amides is 2. The second kappa shape index (κ2) is 8.08. The van der Waals surface area contributed by atoms with E-state index in [2.05, 4.69) is 0 Å². The zero-order valence-corrected chi connectivity index (χ0v) is 15.6. The van der Waals surface area contributed by atoms with Gasteiger partial charge in [-0.3, -0.25) is 14.4 Å². The van der Waals surface area contributed by atoms with Gasteiger partial charge in [0.1, 0.15) is 0 Å². The molecule has 6 nitrogen and oxygen atoms in total. The number of carbonyl (C=O) groups excluding carboxylic acids is 3. The average molecular weight is 379 g/mol. The lowest BCUT2D eigenvalue weighted by Crippen LogP contribution is -2.42. The molecular weight excluding hydrogens is 356 g/mol. The average Bonchev–Trinajstić information content (AvgIpc) is 3.07. The Balaban J connectivity index is 1.77. The third-order valence-corrected chi connectivity index (χ3v) is 5.21. The van der Waals surface area contributed by atoms with E-state index in [9.17, 15) is 14.4 Å². The summed E-state index contributed by atoms with van der Waals surface area (Å²) in [7, 11) is 0. The van der Waals surface area contributed by atoms with Gasteiger partial charge < -0.3 is 14.5 Å². The van der Waals surface area contributed by atoms with E-state index >= 15 is 0 Å². The first-order valence-corrected chi connectivity index (χ1v) is 9.45. The normalized spacial score (nSPS) is 20.4. The molecule has 2 heterocycles. The smallest absolute Gasteiger partial charge is 0.310 e. The highest BCUT2D eigenvalue weighted by atomic mass is 35.5. The number of ether oxygens (including phenoxy) is 1. The molecule has 2 fully saturated rings. The summed E-state index contributed by atoms with van der Waals surface area (Å²) in [5, 5.41) is 0.458. The summed E-state index contributed by atoms with van der Waals surface area (Å²) in [5.41, 5.74) is 1.06. The van der Waals surface area contributed by atoms with Crippen molar-refractivity contribution in [2.45, 2.75) is 32.6 Å². The molecule has 0 bridgehead atoms. The second-order valence-corrected chi connectivity index (χ2v) is 7.06. The van der Waals surface area contributed by atoms with E-state index in [0.717, 1.165) is 19.3 Å². The minimum atomic E-state index is -0.278. The number of hydrogen-bond acceptors (Lipinski definition) is 4. The SMILES string of the molecule is CCOC(=O)[C@H]1CCCN(C(=O)c2ccc(Cl)c(N3CCCC3=O)c2)C1. The van der Waals surface area contributed by atoms with Gasteiger partial charge in [0.15, 0.2) is 0 Å². The van der Waals surface area contributed by atoms with Crippen LogP contribution in [0.5, 0.6) is 0 Å². The molecule has 1 atom stereocenters. The van der Waals surface area contributed by atoms with Gasteiger partial charge in [0, 0.05) is 31.6 Å². The number of halogens is 1. The number of rotatable bonds is 4. The van der Waals surface area contributed by atoms with E-state index in [-0.39, 0.29) is 23.7 Å². The van der Waals surface area contributed by atoms with Crippen molar-refractivity contribution in [3.63, 3.8) is 0 Å². The molecule has 2 aliphatic rings. The lowest BCUT2D eigenvalue weighted by atomic mass is 9.97. The van der Waals surface area contributed by atoms with Gasteiger partial charge in [0.2, 0.25) is 5.91 Å². The van der Waals surface area contributed by atoms with Crippen LogP contribution in [-0.2, 0) is 14.3 Å². The van der Waals surface area contributed by atoms with E-state index in [4.69, 9.17) is 16.3 Å². The molecule has 1 aromatic rings. The second-order valence-electron chi connectivity index (χ2n) is 6.66. The fourth-order valence-electron chi connectivity index (χ4n) is 3.55. The van der Waals surface area contributed by atoms with Gasteiger partial charge in [0.05, 0.1) is 23.2 Å². The van der Waals surface area contributed by atoms with Crippen LogP contribution >= 0.6 is 11.6 Å². The molecule has 2 amide bonds. The number of esters is 1. The molecule has 3 rings (SSSR count). The molecule has 7 heteroatoms. The Kier molecular flexibility index (Phi) is 5.81. The number of benzene rings is 1. The highest BCUT2D eigenvalue weighted by Gasteiger charge is 2.31. The summed E-state index contributed by atoms with van der Waals surface area (Å²) in [6.07, 6.45) is 2.79. The standard InChI is InChI=1S/C19H23ClN2O4/c1-2-26-19(25)14-5-3-9-21(12-14)18(24)13-7-8-15(20)16(11-13)22-10-4-6-17(22)23/h7-8,11,14H,2-6,9-10,12H2,1H3/t14-/m0/s1. The highest BCUT2D eigenvalue weighted by Crippen LogP contribution is 2.31. The van der Waals surface area contributed by atoms with Crippen molar-refractivity contribution in [2.24, 2.45) is 5.92 Å². The van der Waals surface area contributed by atoms with Gasteiger partial charge >= 0.3 is 5.97 Å². The fourth-order valence-corrected chi connectivity index (χ4v) is 3.77. The maximum absolute atomic E-state index is 12.9. The monoisotopic (exact) mass is 378 g/mol. The predicted molar refractivity (Wildman–Crippen MR) is 98.3 cm³/mol. The molecule has 0 radical (unpaired) electrons. The molecule has 0 aliphatic carbocycles.